The molecule has 0 spiro atoms. The number of ether oxygens (including phenoxy) is 1. The highest BCUT2D eigenvalue weighted by Gasteiger charge is 2.32. The highest BCUT2D eigenvalue weighted by Crippen LogP contribution is 2.33. The Labute approximate surface area is 123 Å². The van der Waals surface area contributed by atoms with Gasteiger partial charge in [0.1, 0.15) is 11.6 Å². The van der Waals surface area contributed by atoms with Crippen LogP contribution in [0, 0.1) is 18.2 Å². The summed E-state index contributed by atoms with van der Waals surface area (Å²) in [7, 11) is 0. The van der Waals surface area contributed by atoms with E-state index in [2.05, 4.69) is 10.7 Å². The number of alkyl halides is 3. The maximum absolute atomic E-state index is 13.2. The average Bonchev–Trinajstić information content (AvgIpc) is 2.40. The standard InChI is InChI=1S/C15H7ClF4O/c1-2-9-7-10(3-6-14(9)21-15(18,19)20)12-8-11(17)4-5-13(12)16/h1,3-8H. The molecule has 1 nitrogen and oxygen atoms in total. The Morgan fingerprint density at radius 1 is 1.10 bits per heavy atom. The Kier molecular flexibility index (Phi) is 4.10. The van der Waals surface area contributed by atoms with Gasteiger partial charge >= 0.3 is 6.36 Å². The fraction of sp³-hybridized carbons (Fsp3) is 0.0667. The van der Waals surface area contributed by atoms with Gasteiger partial charge in [-0.25, -0.2) is 4.39 Å². The van der Waals surface area contributed by atoms with Crippen molar-refractivity contribution in [2.75, 3.05) is 0 Å². The van der Waals surface area contributed by atoms with Gasteiger partial charge in [0.25, 0.3) is 0 Å². The Balaban J connectivity index is 2.49. The van der Waals surface area contributed by atoms with Gasteiger partial charge in [-0.3, -0.25) is 0 Å². The molecule has 108 valence electrons. The van der Waals surface area contributed by atoms with E-state index in [1.54, 1.807) is 0 Å². The van der Waals surface area contributed by atoms with Crippen LogP contribution >= 0.6 is 11.6 Å². The van der Waals surface area contributed by atoms with E-state index in [4.69, 9.17) is 18.0 Å². The quantitative estimate of drug-likeness (QED) is 0.558. The third-order valence-corrected chi connectivity index (χ3v) is 2.93. The molecule has 2 aromatic carbocycles. The highest BCUT2D eigenvalue weighted by molar-refractivity contribution is 6.33. The van der Waals surface area contributed by atoms with Crippen LogP contribution in [0.1, 0.15) is 5.56 Å². The van der Waals surface area contributed by atoms with E-state index < -0.39 is 17.9 Å². The molecule has 0 N–H and O–H groups in total. The number of benzene rings is 2. The van der Waals surface area contributed by atoms with Crippen LogP contribution in [0.4, 0.5) is 17.6 Å². The van der Waals surface area contributed by atoms with E-state index in [9.17, 15) is 17.6 Å². The fourth-order valence-electron chi connectivity index (χ4n) is 1.74. The summed E-state index contributed by atoms with van der Waals surface area (Å²) < 4.78 is 53.8. The zero-order chi connectivity index (χ0) is 15.6. The van der Waals surface area contributed by atoms with Gasteiger partial charge in [-0.1, -0.05) is 23.6 Å². The van der Waals surface area contributed by atoms with Crippen LogP contribution in [0.2, 0.25) is 5.02 Å². The molecule has 0 radical (unpaired) electrons. The Hall–Kier alpha value is -2.19. The molecule has 0 aliphatic rings. The van der Waals surface area contributed by atoms with E-state index in [1.165, 1.54) is 30.3 Å². The summed E-state index contributed by atoms with van der Waals surface area (Å²) in [5, 5.41) is 0.254. The molecule has 0 amide bonds. The molecule has 0 aromatic heterocycles. The smallest absolute Gasteiger partial charge is 0.404 e. The van der Waals surface area contributed by atoms with Crippen LogP contribution in [-0.4, -0.2) is 6.36 Å². The molecule has 0 aliphatic carbocycles. The molecule has 0 bridgehead atoms. The van der Waals surface area contributed by atoms with Gasteiger partial charge in [0.15, 0.2) is 0 Å². The predicted octanol–water partition coefficient (Wildman–Crippen LogP) is 5.03. The van der Waals surface area contributed by atoms with Crippen molar-refractivity contribution in [3.05, 3.63) is 52.8 Å². The molecule has 6 heteroatoms. The zero-order valence-electron chi connectivity index (χ0n) is 10.3. The lowest BCUT2D eigenvalue weighted by Crippen LogP contribution is -2.17. The average molecular weight is 315 g/mol. The summed E-state index contributed by atoms with van der Waals surface area (Å²) in [6.45, 7) is 0. The van der Waals surface area contributed by atoms with Crippen molar-refractivity contribution in [1.29, 1.82) is 0 Å². The van der Waals surface area contributed by atoms with Gasteiger partial charge < -0.3 is 4.74 Å². The largest absolute Gasteiger partial charge is 0.573 e. The molecule has 0 saturated heterocycles. The second-order valence-electron chi connectivity index (χ2n) is 4.03. The Morgan fingerprint density at radius 3 is 2.43 bits per heavy atom. The van der Waals surface area contributed by atoms with E-state index in [0.717, 1.165) is 6.07 Å². The SMILES string of the molecule is C#Cc1cc(-c2cc(F)ccc2Cl)ccc1OC(F)(F)F. The molecule has 21 heavy (non-hydrogen) atoms. The first-order chi connectivity index (χ1) is 9.80. The van der Waals surface area contributed by atoms with Crippen LogP contribution in [0.25, 0.3) is 11.1 Å². The minimum atomic E-state index is -4.84. The van der Waals surface area contributed by atoms with Crippen molar-refractivity contribution in [3.63, 3.8) is 0 Å². The number of hydrogen-bond acceptors (Lipinski definition) is 1. The summed E-state index contributed by atoms with van der Waals surface area (Å²) in [4.78, 5) is 0. The third-order valence-electron chi connectivity index (χ3n) is 2.60. The van der Waals surface area contributed by atoms with Crippen LogP contribution in [0.5, 0.6) is 5.75 Å². The third kappa shape index (κ3) is 3.67. The molecule has 0 saturated carbocycles. The molecular weight excluding hydrogens is 308 g/mol. The summed E-state index contributed by atoms with van der Waals surface area (Å²) >= 11 is 5.94. The summed E-state index contributed by atoms with van der Waals surface area (Å²) in [5.74, 6) is 1.08. The van der Waals surface area contributed by atoms with E-state index in [1.807, 2.05) is 0 Å². The lowest BCUT2D eigenvalue weighted by atomic mass is 10.0. The van der Waals surface area contributed by atoms with Gasteiger partial charge in [-0.05, 0) is 35.9 Å². The normalized spacial score (nSPS) is 11.0. The van der Waals surface area contributed by atoms with Gasteiger partial charge in [0.2, 0.25) is 0 Å². The second-order valence-corrected chi connectivity index (χ2v) is 4.43. The second kappa shape index (κ2) is 5.66. The van der Waals surface area contributed by atoms with Gasteiger partial charge in [-0.2, -0.15) is 0 Å². The molecule has 2 rings (SSSR count). The first-order valence-corrected chi connectivity index (χ1v) is 6.00. The topological polar surface area (TPSA) is 9.23 Å². The molecular formula is C15H7ClF4O. The monoisotopic (exact) mass is 314 g/mol. The summed E-state index contributed by atoms with van der Waals surface area (Å²) in [5.41, 5.74) is 0.610. The lowest BCUT2D eigenvalue weighted by Gasteiger charge is -2.12. The van der Waals surface area contributed by atoms with E-state index in [-0.39, 0.29) is 10.6 Å². The van der Waals surface area contributed by atoms with Gasteiger partial charge in [-0.15, -0.1) is 19.6 Å². The van der Waals surface area contributed by atoms with Crippen molar-refractivity contribution >= 4 is 11.6 Å². The molecule has 0 unspecified atom stereocenters. The van der Waals surface area contributed by atoms with Crippen molar-refractivity contribution < 1.29 is 22.3 Å². The predicted molar refractivity (Wildman–Crippen MR) is 71.5 cm³/mol. The highest BCUT2D eigenvalue weighted by atomic mass is 35.5. The van der Waals surface area contributed by atoms with Crippen molar-refractivity contribution in [1.82, 2.24) is 0 Å². The van der Waals surface area contributed by atoms with Crippen molar-refractivity contribution in [2.24, 2.45) is 0 Å². The molecule has 2 aromatic rings. The molecule has 0 aliphatic heterocycles. The summed E-state index contributed by atoms with van der Waals surface area (Å²) in [6, 6.07) is 7.36. The fourth-order valence-corrected chi connectivity index (χ4v) is 1.97. The molecule has 0 atom stereocenters. The zero-order valence-corrected chi connectivity index (χ0v) is 11.1. The van der Waals surface area contributed by atoms with Crippen molar-refractivity contribution in [3.8, 4) is 29.2 Å². The first-order valence-electron chi connectivity index (χ1n) is 5.62. The number of halogens is 5. The minimum Gasteiger partial charge on any atom is -0.404 e. The minimum absolute atomic E-state index is 0.106. The number of hydrogen-bond donors (Lipinski definition) is 0. The van der Waals surface area contributed by atoms with Crippen LogP contribution in [0.15, 0.2) is 36.4 Å². The van der Waals surface area contributed by atoms with Gasteiger partial charge in [0.05, 0.1) is 5.56 Å². The molecule has 0 heterocycles. The van der Waals surface area contributed by atoms with Crippen LogP contribution in [0.3, 0.4) is 0 Å². The lowest BCUT2D eigenvalue weighted by molar-refractivity contribution is -0.274. The Morgan fingerprint density at radius 2 is 1.81 bits per heavy atom. The van der Waals surface area contributed by atoms with Gasteiger partial charge in [0, 0.05) is 10.6 Å². The number of rotatable bonds is 2. The maximum Gasteiger partial charge on any atom is 0.573 e. The van der Waals surface area contributed by atoms with Crippen LogP contribution < -0.4 is 4.74 Å². The number of terminal acetylenes is 1. The summed E-state index contributed by atoms with van der Waals surface area (Å²) in [6.07, 6.45) is 0.336. The molecule has 0 fully saturated rings. The first kappa shape index (κ1) is 15.2. The Bertz CT molecular complexity index is 717. The maximum atomic E-state index is 13.2. The van der Waals surface area contributed by atoms with E-state index in [0.29, 0.717) is 11.1 Å². The van der Waals surface area contributed by atoms with Crippen LogP contribution in [-0.2, 0) is 0 Å². The van der Waals surface area contributed by atoms with Crippen molar-refractivity contribution in [2.45, 2.75) is 6.36 Å². The van der Waals surface area contributed by atoms with E-state index >= 15 is 0 Å².